The molecule has 2 rings (SSSR count). The largest absolute Gasteiger partial charge is 0.497 e. The molecule has 0 aliphatic heterocycles. The van der Waals surface area contributed by atoms with Crippen molar-refractivity contribution >= 4 is 23.6 Å². The Bertz CT molecular complexity index is 858. The average molecular weight is 447 g/mol. The number of benzene rings is 2. The van der Waals surface area contributed by atoms with Gasteiger partial charge < -0.3 is 15.0 Å². The summed E-state index contributed by atoms with van der Waals surface area (Å²) < 4.78 is 18.3. The highest BCUT2D eigenvalue weighted by Gasteiger charge is 2.26. The third kappa shape index (κ3) is 8.25. The van der Waals surface area contributed by atoms with Crippen molar-refractivity contribution in [2.45, 2.75) is 39.1 Å². The third-order valence-corrected chi connectivity index (χ3v) is 5.73. The van der Waals surface area contributed by atoms with Crippen LogP contribution in [0.4, 0.5) is 4.39 Å². The molecule has 0 aliphatic carbocycles. The van der Waals surface area contributed by atoms with Gasteiger partial charge in [0.1, 0.15) is 17.6 Å². The van der Waals surface area contributed by atoms with Gasteiger partial charge in [0.15, 0.2) is 0 Å². The first-order valence-electron chi connectivity index (χ1n) is 10.3. The van der Waals surface area contributed by atoms with E-state index in [1.165, 1.54) is 23.9 Å². The standard InChI is InChI=1S/C24H31FN2O3S/c1-17(2)13-26-24(29)18(3)27(14-20-6-5-7-22(12-20)30-4)23(28)16-31-15-19-8-10-21(25)11-9-19/h5-12,17-18H,13-16H2,1-4H3,(H,26,29)/t18-/m1/s1. The molecule has 0 saturated carbocycles. The molecule has 1 atom stereocenters. The van der Waals surface area contributed by atoms with Crippen LogP contribution in [0.2, 0.25) is 0 Å². The Balaban J connectivity index is 2.07. The molecule has 0 aromatic heterocycles. The first-order chi connectivity index (χ1) is 14.8. The molecule has 0 radical (unpaired) electrons. The van der Waals surface area contributed by atoms with Crippen molar-refractivity contribution < 1.29 is 18.7 Å². The van der Waals surface area contributed by atoms with Gasteiger partial charge >= 0.3 is 0 Å². The predicted octanol–water partition coefficient (Wildman–Crippen LogP) is 4.26. The molecule has 0 bridgehead atoms. The first kappa shape index (κ1) is 24.7. The van der Waals surface area contributed by atoms with Crippen LogP contribution in [0, 0.1) is 11.7 Å². The van der Waals surface area contributed by atoms with Crippen LogP contribution in [0.15, 0.2) is 48.5 Å². The van der Waals surface area contributed by atoms with E-state index in [1.807, 2.05) is 38.1 Å². The zero-order valence-electron chi connectivity index (χ0n) is 18.6. The summed E-state index contributed by atoms with van der Waals surface area (Å²) in [4.78, 5) is 27.3. The SMILES string of the molecule is COc1cccc(CN(C(=O)CSCc2ccc(F)cc2)[C@H](C)C(=O)NCC(C)C)c1. The number of ether oxygens (including phenoxy) is 1. The lowest BCUT2D eigenvalue weighted by Crippen LogP contribution is -2.48. The molecule has 0 spiro atoms. The average Bonchev–Trinajstić information content (AvgIpc) is 2.76. The van der Waals surface area contributed by atoms with Gasteiger partial charge in [0, 0.05) is 18.8 Å². The van der Waals surface area contributed by atoms with Gasteiger partial charge in [0.2, 0.25) is 11.8 Å². The third-order valence-electron chi connectivity index (χ3n) is 4.75. The van der Waals surface area contributed by atoms with Crippen LogP contribution < -0.4 is 10.1 Å². The Morgan fingerprint density at radius 2 is 1.81 bits per heavy atom. The molecule has 0 fully saturated rings. The van der Waals surface area contributed by atoms with Crippen LogP contribution >= 0.6 is 11.8 Å². The quantitative estimate of drug-likeness (QED) is 0.560. The molecule has 0 heterocycles. The zero-order chi connectivity index (χ0) is 22.8. The first-order valence-corrected chi connectivity index (χ1v) is 11.5. The Morgan fingerprint density at radius 3 is 2.45 bits per heavy atom. The fourth-order valence-corrected chi connectivity index (χ4v) is 3.79. The van der Waals surface area contributed by atoms with Crippen LogP contribution in [0.25, 0.3) is 0 Å². The van der Waals surface area contributed by atoms with E-state index in [2.05, 4.69) is 5.32 Å². The van der Waals surface area contributed by atoms with Crippen LogP contribution in [0.1, 0.15) is 31.9 Å². The van der Waals surface area contributed by atoms with Gasteiger partial charge in [-0.15, -0.1) is 11.8 Å². The molecule has 7 heteroatoms. The zero-order valence-corrected chi connectivity index (χ0v) is 19.4. The van der Waals surface area contributed by atoms with E-state index in [0.29, 0.717) is 30.5 Å². The number of carbonyl (C=O) groups excluding carboxylic acids is 2. The fraction of sp³-hybridized carbons (Fsp3) is 0.417. The maximum atomic E-state index is 13.1. The molecular weight excluding hydrogens is 415 g/mol. The molecule has 5 nitrogen and oxygen atoms in total. The van der Waals surface area contributed by atoms with Crippen molar-refractivity contribution in [3.63, 3.8) is 0 Å². The number of carbonyl (C=O) groups is 2. The lowest BCUT2D eigenvalue weighted by Gasteiger charge is -2.29. The number of thioether (sulfide) groups is 1. The highest BCUT2D eigenvalue weighted by Crippen LogP contribution is 2.19. The second-order valence-corrected chi connectivity index (χ2v) is 8.79. The number of halogens is 1. The van der Waals surface area contributed by atoms with E-state index in [-0.39, 0.29) is 23.4 Å². The maximum Gasteiger partial charge on any atom is 0.242 e. The van der Waals surface area contributed by atoms with Crippen molar-refractivity contribution in [3.05, 3.63) is 65.5 Å². The molecule has 0 aliphatic rings. The summed E-state index contributed by atoms with van der Waals surface area (Å²) in [6, 6.07) is 13.1. The van der Waals surface area contributed by atoms with E-state index in [1.54, 1.807) is 31.1 Å². The summed E-state index contributed by atoms with van der Waals surface area (Å²) in [5.41, 5.74) is 1.83. The Kier molecular flexibility index (Phi) is 9.85. The molecule has 0 unspecified atom stereocenters. The Labute approximate surface area is 188 Å². The van der Waals surface area contributed by atoms with Gasteiger partial charge in [-0.3, -0.25) is 9.59 Å². The normalized spacial score (nSPS) is 11.8. The monoisotopic (exact) mass is 446 g/mol. The summed E-state index contributed by atoms with van der Waals surface area (Å²) in [6.07, 6.45) is 0. The van der Waals surface area contributed by atoms with Crippen LogP contribution in [-0.4, -0.2) is 42.2 Å². The summed E-state index contributed by atoms with van der Waals surface area (Å²) >= 11 is 1.44. The van der Waals surface area contributed by atoms with Gasteiger partial charge in [-0.2, -0.15) is 0 Å². The maximum absolute atomic E-state index is 13.1. The summed E-state index contributed by atoms with van der Waals surface area (Å²) in [5.74, 6) is 1.26. The van der Waals surface area contributed by atoms with Gasteiger partial charge in [0.05, 0.1) is 12.9 Å². The van der Waals surface area contributed by atoms with Gasteiger partial charge in [0.25, 0.3) is 0 Å². The molecule has 2 amide bonds. The molecule has 2 aromatic rings. The Hall–Kier alpha value is -2.54. The topological polar surface area (TPSA) is 58.6 Å². The summed E-state index contributed by atoms with van der Waals surface area (Å²) in [5, 5.41) is 2.91. The van der Waals surface area contributed by atoms with Crippen LogP contribution in [-0.2, 0) is 21.9 Å². The Morgan fingerprint density at radius 1 is 1.10 bits per heavy atom. The van der Waals surface area contributed by atoms with Gasteiger partial charge in [-0.25, -0.2) is 4.39 Å². The van der Waals surface area contributed by atoms with Crippen molar-refractivity contribution in [2.75, 3.05) is 19.4 Å². The summed E-state index contributed by atoms with van der Waals surface area (Å²) in [7, 11) is 1.59. The minimum atomic E-state index is -0.608. The minimum Gasteiger partial charge on any atom is -0.497 e. The molecule has 168 valence electrons. The van der Waals surface area contributed by atoms with Gasteiger partial charge in [-0.1, -0.05) is 38.1 Å². The number of rotatable bonds is 11. The number of amides is 2. The van der Waals surface area contributed by atoms with E-state index in [9.17, 15) is 14.0 Å². The number of hydrogen-bond acceptors (Lipinski definition) is 4. The number of nitrogens with zero attached hydrogens (tertiary/aromatic N) is 1. The van der Waals surface area contributed by atoms with Crippen molar-refractivity contribution in [2.24, 2.45) is 5.92 Å². The second kappa shape index (κ2) is 12.3. The van der Waals surface area contributed by atoms with Crippen molar-refractivity contribution in [1.29, 1.82) is 0 Å². The van der Waals surface area contributed by atoms with E-state index in [4.69, 9.17) is 4.74 Å². The predicted molar refractivity (Wildman–Crippen MR) is 123 cm³/mol. The number of hydrogen-bond donors (Lipinski definition) is 1. The lowest BCUT2D eigenvalue weighted by atomic mass is 10.1. The molecule has 0 saturated heterocycles. The highest BCUT2D eigenvalue weighted by atomic mass is 32.2. The molecule has 31 heavy (non-hydrogen) atoms. The summed E-state index contributed by atoms with van der Waals surface area (Å²) in [6.45, 7) is 6.66. The molecular formula is C24H31FN2O3S. The second-order valence-electron chi connectivity index (χ2n) is 7.81. The van der Waals surface area contributed by atoms with Crippen LogP contribution in [0.5, 0.6) is 5.75 Å². The van der Waals surface area contributed by atoms with Crippen LogP contribution in [0.3, 0.4) is 0 Å². The van der Waals surface area contributed by atoms with E-state index < -0.39 is 6.04 Å². The highest BCUT2D eigenvalue weighted by molar-refractivity contribution is 7.99. The van der Waals surface area contributed by atoms with Crippen molar-refractivity contribution in [1.82, 2.24) is 10.2 Å². The van der Waals surface area contributed by atoms with E-state index in [0.717, 1.165) is 11.1 Å². The van der Waals surface area contributed by atoms with E-state index >= 15 is 0 Å². The molecule has 1 N–H and O–H groups in total. The number of methoxy groups -OCH3 is 1. The smallest absolute Gasteiger partial charge is 0.242 e. The number of nitrogens with one attached hydrogen (secondary N) is 1. The van der Waals surface area contributed by atoms with Gasteiger partial charge in [-0.05, 0) is 48.2 Å². The fourth-order valence-electron chi connectivity index (χ4n) is 2.92. The molecule has 2 aromatic carbocycles. The minimum absolute atomic E-state index is 0.123. The van der Waals surface area contributed by atoms with Crippen molar-refractivity contribution in [3.8, 4) is 5.75 Å². The lowest BCUT2D eigenvalue weighted by molar-refractivity contribution is -0.138.